The molecular formula is C19H21Cl2NO2. The Kier molecular flexibility index (Phi) is 6.95. The van der Waals surface area contributed by atoms with Gasteiger partial charge in [0.1, 0.15) is 12.4 Å². The van der Waals surface area contributed by atoms with Crippen LogP contribution in [0.3, 0.4) is 0 Å². The highest BCUT2D eigenvalue weighted by atomic mass is 35.5. The van der Waals surface area contributed by atoms with Gasteiger partial charge >= 0.3 is 0 Å². The van der Waals surface area contributed by atoms with E-state index in [1.807, 2.05) is 44.2 Å². The van der Waals surface area contributed by atoms with Crippen molar-refractivity contribution in [2.75, 3.05) is 6.61 Å². The molecule has 0 radical (unpaired) electrons. The molecule has 2 aromatic carbocycles. The second-order valence-electron chi connectivity index (χ2n) is 5.78. The van der Waals surface area contributed by atoms with Crippen LogP contribution >= 0.6 is 23.2 Å². The number of halogens is 2. The monoisotopic (exact) mass is 365 g/mol. The Balaban J connectivity index is 1.76. The fourth-order valence-electron chi connectivity index (χ4n) is 2.29. The average molecular weight is 366 g/mol. The Morgan fingerprint density at radius 2 is 1.96 bits per heavy atom. The molecule has 0 aliphatic rings. The zero-order chi connectivity index (χ0) is 17.5. The van der Waals surface area contributed by atoms with E-state index in [9.17, 15) is 4.79 Å². The number of benzene rings is 2. The molecule has 0 aliphatic heterocycles. The van der Waals surface area contributed by atoms with Gasteiger partial charge in [0.2, 0.25) is 5.91 Å². The molecule has 2 rings (SSSR count). The molecule has 2 aromatic rings. The van der Waals surface area contributed by atoms with Gasteiger partial charge in [-0.3, -0.25) is 4.79 Å². The van der Waals surface area contributed by atoms with Crippen molar-refractivity contribution in [2.24, 2.45) is 0 Å². The predicted molar refractivity (Wildman–Crippen MR) is 99.1 cm³/mol. The van der Waals surface area contributed by atoms with E-state index in [1.54, 1.807) is 12.1 Å². The average Bonchev–Trinajstić information content (AvgIpc) is 2.53. The van der Waals surface area contributed by atoms with E-state index >= 15 is 0 Å². The maximum absolute atomic E-state index is 12.0. The lowest BCUT2D eigenvalue weighted by Crippen LogP contribution is -2.36. The summed E-state index contributed by atoms with van der Waals surface area (Å²) in [6, 6.07) is 13.1. The van der Waals surface area contributed by atoms with E-state index in [1.165, 1.54) is 0 Å². The molecule has 0 unspecified atom stereocenters. The summed E-state index contributed by atoms with van der Waals surface area (Å²) in [6.07, 6.45) is 0.948. The molecule has 0 aromatic heterocycles. The first-order chi connectivity index (χ1) is 11.5. The van der Waals surface area contributed by atoms with Crippen molar-refractivity contribution in [3.8, 4) is 5.75 Å². The number of carbonyl (C=O) groups excluding carboxylic acids is 1. The van der Waals surface area contributed by atoms with Crippen molar-refractivity contribution in [2.45, 2.75) is 32.7 Å². The Morgan fingerprint density at radius 3 is 2.67 bits per heavy atom. The van der Waals surface area contributed by atoms with Gasteiger partial charge in [0, 0.05) is 16.5 Å². The summed E-state index contributed by atoms with van der Waals surface area (Å²) in [5, 5.41) is 4.12. The Bertz CT molecular complexity index is 704. The number of amides is 1. The molecule has 1 atom stereocenters. The van der Waals surface area contributed by atoms with Crippen LogP contribution in [0.2, 0.25) is 10.0 Å². The number of para-hydroxylation sites is 1. The SMILES string of the molecule is Cc1ccccc1OC[C@H](C)NC(=O)CCc1ccc(Cl)cc1Cl. The van der Waals surface area contributed by atoms with Gasteiger partial charge in [-0.2, -0.15) is 0 Å². The highest BCUT2D eigenvalue weighted by Gasteiger charge is 2.10. The zero-order valence-electron chi connectivity index (χ0n) is 13.8. The summed E-state index contributed by atoms with van der Waals surface area (Å²) in [4.78, 5) is 12.0. The van der Waals surface area contributed by atoms with E-state index in [4.69, 9.17) is 27.9 Å². The molecule has 0 heterocycles. The lowest BCUT2D eigenvalue weighted by Gasteiger charge is -2.16. The molecular weight excluding hydrogens is 345 g/mol. The van der Waals surface area contributed by atoms with Gasteiger partial charge in [-0.05, 0) is 49.6 Å². The van der Waals surface area contributed by atoms with Crippen LogP contribution in [0.1, 0.15) is 24.5 Å². The van der Waals surface area contributed by atoms with E-state index in [0.29, 0.717) is 29.5 Å². The molecule has 0 spiro atoms. The van der Waals surface area contributed by atoms with Crippen LogP contribution in [0.25, 0.3) is 0 Å². The second kappa shape index (κ2) is 8.95. The number of aryl methyl sites for hydroxylation is 2. The Hall–Kier alpha value is -1.71. The molecule has 0 bridgehead atoms. The number of ether oxygens (including phenoxy) is 1. The molecule has 0 fully saturated rings. The van der Waals surface area contributed by atoms with Crippen molar-refractivity contribution >= 4 is 29.1 Å². The molecule has 5 heteroatoms. The van der Waals surface area contributed by atoms with E-state index in [-0.39, 0.29) is 11.9 Å². The van der Waals surface area contributed by atoms with Gasteiger partial charge in [-0.1, -0.05) is 47.5 Å². The quantitative estimate of drug-likeness (QED) is 0.763. The van der Waals surface area contributed by atoms with Crippen molar-refractivity contribution < 1.29 is 9.53 Å². The first-order valence-corrected chi connectivity index (χ1v) is 8.63. The minimum atomic E-state index is -0.0715. The van der Waals surface area contributed by atoms with Crippen LogP contribution in [-0.4, -0.2) is 18.6 Å². The van der Waals surface area contributed by atoms with E-state index in [2.05, 4.69) is 5.32 Å². The molecule has 0 aliphatic carbocycles. The van der Waals surface area contributed by atoms with Crippen LogP contribution in [0, 0.1) is 6.92 Å². The lowest BCUT2D eigenvalue weighted by molar-refractivity contribution is -0.121. The summed E-state index contributed by atoms with van der Waals surface area (Å²) >= 11 is 12.0. The molecule has 3 nitrogen and oxygen atoms in total. The first kappa shape index (κ1) is 18.6. The highest BCUT2D eigenvalue weighted by Crippen LogP contribution is 2.22. The van der Waals surface area contributed by atoms with Gasteiger partial charge in [0.25, 0.3) is 0 Å². The van der Waals surface area contributed by atoms with Gasteiger partial charge in [0.05, 0.1) is 6.04 Å². The van der Waals surface area contributed by atoms with Crippen molar-refractivity contribution in [1.82, 2.24) is 5.32 Å². The lowest BCUT2D eigenvalue weighted by atomic mass is 10.1. The second-order valence-corrected chi connectivity index (χ2v) is 6.62. The number of hydrogen-bond donors (Lipinski definition) is 1. The van der Waals surface area contributed by atoms with Gasteiger partial charge in [-0.15, -0.1) is 0 Å². The minimum Gasteiger partial charge on any atom is -0.491 e. The predicted octanol–water partition coefficient (Wildman–Crippen LogP) is 4.82. The molecule has 128 valence electrons. The summed E-state index contributed by atoms with van der Waals surface area (Å²) < 4.78 is 5.74. The summed E-state index contributed by atoms with van der Waals surface area (Å²) in [5.41, 5.74) is 1.99. The fraction of sp³-hybridized carbons (Fsp3) is 0.316. The van der Waals surface area contributed by atoms with Crippen LogP contribution in [0.5, 0.6) is 5.75 Å². The zero-order valence-corrected chi connectivity index (χ0v) is 15.3. The van der Waals surface area contributed by atoms with E-state index < -0.39 is 0 Å². The third-order valence-corrected chi connectivity index (χ3v) is 4.21. The highest BCUT2D eigenvalue weighted by molar-refractivity contribution is 6.35. The van der Waals surface area contributed by atoms with Crippen molar-refractivity contribution in [3.05, 3.63) is 63.6 Å². The van der Waals surface area contributed by atoms with Crippen LogP contribution in [0.15, 0.2) is 42.5 Å². The molecule has 1 N–H and O–H groups in total. The van der Waals surface area contributed by atoms with Crippen LogP contribution in [0.4, 0.5) is 0 Å². The standard InChI is InChI=1S/C19H21Cl2NO2/c1-13-5-3-4-6-18(13)24-12-14(2)22-19(23)10-8-15-7-9-16(20)11-17(15)21/h3-7,9,11,14H,8,10,12H2,1-2H3,(H,22,23)/t14-/m0/s1. The number of rotatable bonds is 7. The third kappa shape index (κ3) is 5.73. The molecule has 0 saturated heterocycles. The molecule has 0 saturated carbocycles. The van der Waals surface area contributed by atoms with Crippen LogP contribution in [-0.2, 0) is 11.2 Å². The summed E-state index contributed by atoms with van der Waals surface area (Å²) in [5.74, 6) is 0.813. The summed E-state index contributed by atoms with van der Waals surface area (Å²) in [7, 11) is 0. The smallest absolute Gasteiger partial charge is 0.220 e. The van der Waals surface area contributed by atoms with Crippen molar-refractivity contribution in [3.63, 3.8) is 0 Å². The normalized spacial score (nSPS) is 11.8. The number of carbonyl (C=O) groups is 1. The topological polar surface area (TPSA) is 38.3 Å². The van der Waals surface area contributed by atoms with Gasteiger partial charge < -0.3 is 10.1 Å². The fourth-order valence-corrected chi connectivity index (χ4v) is 2.80. The maximum Gasteiger partial charge on any atom is 0.220 e. The number of hydrogen-bond acceptors (Lipinski definition) is 2. The molecule has 24 heavy (non-hydrogen) atoms. The number of nitrogens with one attached hydrogen (secondary N) is 1. The Labute approximate surface area is 152 Å². The molecule has 1 amide bonds. The maximum atomic E-state index is 12.0. The Morgan fingerprint density at radius 1 is 1.21 bits per heavy atom. The summed E-state index contributed by atoms with van der Waals surface area (Å²) in [6.45, 7) is 4.35. The van der Waals surface area contributed by atoms with Gasteiger partial charge in [0.15, 0.2) is 0 Å². The van der Waals surface area contributed by atoms with Crippen LogP contribution < -0.4 is 10.1 Å². The van der Waals surface area contributed by atoms with Crippen molar-refractivity contribution in [1.29, 1.82) is 0 Å². The largest absolute Gasteiger partial charge is 0.491 e. The van der Waals surface area contributed by atoms with E-state index in [0.717, 1.165) is 16.9 Å². The van der Waals surface area contributed by atoms with Gasteiger partial charge in [-0.25, -0.2) is 0 Å². The minimum absolute atomic E-state index is 0.0260. The first-order valence-electron chi connectivity index (χ1n) is 7.87. The third-order valence-electron chi connectivity index (χ3n) is 3.63.